The van der Waals surface area contributed by atoms with Crippen molar-refractivity contribution in [2.45, 2.75) is 27.2 Å². The highest BCUT2D eigenvalue weighted by atomic mass is 16.5. The van der Waals surface area contributed by atoms with Crippen LogP contribution in [0.25, 0.3) is 0 Å². The van der Waals surface area contributed by atoms with Crippen molar-refractivity contribution in [1.82, 2.24) is 0 Å². The fourth-order valence-corrected chi connectivity index (χ4v) is 0.903. The Bertz CT molecular complexity index is 275. The van der Waals surface area contributed by atoms with E-state index in [1.807, 2.05) is 13.8 Å². The van der Waals surface area contributed by atoms with E-state index in [2.05, 4.69) is 6.58 Å². The van der Waals surface area contributed by atoms with E-state index < -0.39 is 5.97 Å². The van der Waals surface area contributed by atoms with Gasteiger partial charge in [0.15, 0.2) is 5.78 Å². The molecule has 0 saturated heterocycles. The van der Waals surface area contributed by atoms with Crippen molar-refractivity contribution in [3.05, 3.63) is 24.3 Å². The Hall–Kier alpha value is -1.38. The predicted octanol–water partition coefficient (Wildman–Crippen LogP) is 2.28. The maximum Gasteiger partial charge on any atom is 0.341 e. The minimum Gasteiger partial charge on any atom is -0.462 e. The molecule has 0 aromatic rings. The van der Waals surface area contributed by atoms with Crippen LogP contribution in [0.2, 0.25) is 0 Å². The maximum absolute atomic E-state index is 11.5. The van der Waals surface area contributed by atoms with Crippen molar-refractivity contribution in [2.24, 2.45) is 5.92 Å². The zero-order valence-corrected chi connectivity index (χ0v) is 9.58. The molecule has 15 heavy (non-hydrogen) atoms. The van der Waals surface area contributed by atoms with Crippen molar-refractivity contribution in [1.29, 1.82) is 0 Å². The monoisotopic (exact) mass is 210 g/mol. The van der Waals surface area contributed by atoms with Gasteiger partial charge in [-0.15, -0.1) is 0 Å². The van der Waals surface area contributed by atoms with Gasteiger partial charge in [-0.1, -0.05) is 33.4 Å². The van der Waals surface area contributed by atoms with E-state index in [0.29, 0.717) is 6.61 Å². The van der Waals surface area contributed by atoms with E-state index in [1.165, 1.54) is 12.2 Å². The van der Waals surface area contributed by atoms with Crippen LogP contribution in [0.1, 0.15) is 27.2 Å². The van der Waals surface area contributed by atoms with Crippen molar-refractivity contribution in [2.75, 3.05) is 6.61 Å². The summed E-state index contributed by atoms with van der Waals surface area (Å²) in [5.74, 6) is -0.519. The van der Waals surface area contributed by atoms with E-state index in [9.17, 15) is 9.59 Å². The van der Waals surface area contributed by atoms with Gasteiger partial charge in [-0.05, 0) is 12.0 Å². The number of carbonyl (C=O) groups excluding carboxylic acids is 2. The van der Waals surface area contributed by atoms with E-state index in [0.717, 1.165) is 0 Å². The number of ether oxygens (including phenoxy) is 1. The van der Waals surface area contributed by atoms with Gasteiger partial charge in [-0.2, -0.15) is 0 Å². The minimum absolute atomic E-state index is 0.0770. The molecule has 0 rings (SSSR count). The number of ketones is 1. The molecule has 3 heteroatoms. The smallest absolute Gasteiger partial charge is 0.341 e. The zero-order chi connectivity index (χ0) is 11.8. The molecule has 0 amide bonds. The molecular formula is C12H18O3. The summed E-state index contributed by atoms with van der Waals surface area (Å²) in [5, 5.41) is 0. The fourth-order valence-electron chi connectivity index (χ4n) is 0.903. The lowest BCUT2D eigenvalue weighted by Gasteiger charge is -2.08. The third kappa shape index (κ3) is 5.15. The Kier molecular flexibility index (Phi) is 6.34. The van der Waals surface area contributed by atoms with Crippen LogP contribution in [0.15, 0.2) is 24.3 Å². The summed E-state index contributed by atoms with van der Waals surface area (Å²) in [6.45, 7) is 9.36. The first-order chi connectivity index (χ1) is 7.02. The summed E-state index contributed by atoms with van der Waals surface area (Å²) in [6.07, 6.45) is 3.10. The summed E-state index contributed by atoms with van der Waals surface area (Å²) in [6, 6.07) is 0. The Morgan fingerprint density at radius 2 is 2.00 bits per heavy atom. The SMILES string of the molecule is C=CC=C(C(=O)CC)C(=O)OCC(C)C. The maximum atomic E-state index is 11.5. The molecule has 0 aromatic carbocycles. The van der Waals surface area contributed by atoms with Gasteiger partial charge < -0.3 is 4.74 Å². The molecule has 0 atom stereocenters. The average molecular weight is 210 g/mol. The lowest BCUT2D eigenvalue weighted by Crippen LogP contribution is -2.17. The largest absolute Gasteiger partial charge is 0.462 e. The molecule has 0 spiro atoms. The molecule has 0 saturated carbocycles. The third-order valence-electron chi connectivity index (χ3n) is 1.67. The molecule has 0 N–H and O–H groups in total. The molecule has 0 unspecified atom stereocenters. The van der Waals surface area contributed by atoms with Crippen LogP contribution in [0, 0.1) is 5.92 Å². The lowest BCUT2D eigenvalue weighted by molar-refractivity contribution is -0.141. The van der Waals surface area contributed by atoms with Gasteiger partial charge in [0.2, 0.25) is 0 Å². The number of esters is 1. The molecule has 0 aliphatic rings. The second-order valence-corrected chi connectivity index (χ2v) is 3.59. The summed E-state index contributed by atoms with van der Waals surface area (Å²) < 4.78 is 4.97. The summed E-state index contributed by atoms with van der Waals surface area (Å²) in [7, 11) is 0. The second kappa shape index (κ2) is 6.98. The molecule has 0 fully saturated rings. The summed E-state index contributed by atoms with van der Waals surface area (Å²) in [4.78, 5) is 22.8. The molecule has 0 aliphatic carbocycles. The van der Waals surface area contributed by atoms with E-state index in [-0.39, 0.29) is 23.7 Å². The van der Waals surface area contributed by atoms with Crippen LogP contribution in [0.5, 0.6) is 0 Å². The van der Waals surface area contributed by atoms with Crippen LogP contribution in [-0.2, 0) is 14.3 Å². The first kappa shape index (κ1) is 13.6. The fraction of sp³-hybridized carbons (Fsp3) is 0.500. The van der Waals surface area contributed by atoms with Crippen LogP contribution in [-0.4, -0.2) is 18.4 Å². The van der Waals surface area contributed by atoms with Gasteiger partial charge >= 0.3 is 5.97 Å². The highest BCUT2D eigenvalue weighted by Gasteiger charge is 2.17. The van der Waals surface area contributed by atoms with Gasteiger partial charge in [0.05, 0.1) is 6.61 Å². The number of rotatable bonds is 6. The van der Waals surface area contributed by atoms with E-state index in [4.69, 9.17) is 4.74 Å². The first-order valence-corrected chi connectivity index (χ1v) is 5.05. The highest BCUT2D eigenvalue weighted by molar-refractivity contribution is 6.17. The van der Waals surface area contributed by atoms with Crippen LogP contribution in [0.4, 0.5) is 0 Å². The Morgan fingerprint density at radius 3 is 2.40 bits per heavy atom. The van der Waals surface area contributed by atoms with Crippen molar-refractivity contribution in [3.8, 4) is 0 Å². The normalized spacial score (nSPS) is 11.3. The molecule has 3 nitrogen and oxygen atoms in total. The predicted molar refractivity (Wildman–Crippen MR) is 59.4 cm³/mol. The van der Waals surface area contributed by atoms with Crippen molar-refractivity contribution in [3.63, 3.8) is 0 Å². The molecule has 0 aliphatic heterocycles. The molecular weight excluding hydrogens is 192 g/mol. The molecule has 0 bridgehead atoms. The van der Waals surface area contributed by atoms with E-state index >= 15 is 0 Å². The number of allylic oxidation sites excluding steroid dienone is 2. The van der Waals surface area contributed by atoms with Gasteiger partial charge in [-0.3, -0.25) is 4.79 Å². The van der Waals surface area contributed by atoms with Crippen molar-refractivity contribution >= 4 is 11.8 Å². The number of Topliss-reactive ketones (excluding diaryl/α,β-unsaturated/α-hetero) is 1. The van der Waals surface area contributed by atoms with Gasteiger partial charge in [0.1, 0.15) is 5.57 Å². The van der Waals surface area contributed by atoms with Crippen molar-refractivity contribution < 1.29 is 14.3 Å². The Labute approximate surface area is 90.8 Å². The first-order valence-electron chi connectivity index (χ1n) is 5.05. The molecule has 0 radical (unpaired) electrons. The quantitative estimate of drug-likeness (QED) is 0.222. The standard InChI is InChI=1S/C12H18O3/c1-5-7-10(11(13)6-2)12(14)15-8-9(3)4/h5,7,9H,1,6,8H2,2-4H3. The number of hydrogen-bond donors (Lipinski definition) is 0. The third-order valence-corrected chi connectivity index (χ3v) is 1.67. The lowest BCUT2D eigenvalue weighted by atomic mass is 10.1. The Morgan fingerprint density at radius 1 is 1.40 bits per heavy atom. The second-order valence-electron chi connectivity index (χ2n) is 3.59. The molecule has 0 aromatic heterocycles. The molecule has 0 heterocycles. The minimum atomic E-state index is -0.560. The van der Waals surface area contributed by atoms with E-state index in [1.54, 1.807) is 6.92 Å². The van der Waals surface area contributed by atoms with Crippen LogP contribution < -0.4 is 0 Å². The number of carbonyl (C=O) groups is 2. The average Bonchev–Trinajstić information content (AvgIpc) is 2.21. The van der Waals surface area contributed by atoms with Crippen LogP contribution in [0.3, 0.4) is 0 Å². The highest BCUT2D eigenvalue weighted by Crippen LogP contribution is 2.05. The van der Waals surface area contributed by atoms with Gasteiger partial charge in [0.25, 0.3) is 0 Å². The topological polar surface area (TPSA) is 43.4 Å². The zero-order valence-electron chi connectivity index (χ0n) is 9.58. The molecule has 84 valence electrons. The number of hydrogen-bond acceptors (Lipinski definition) is 3. The Balaban J connectivity index is 4.51. The van der Waals surface area contributed by atoms with Gasteiger partial charge in [-0.25, -0.2) is 4.79 Å². The summed E-state index contributed by atoms with van der Waals surface area (Å²) in [5.41, 5.74) is 0.0770. The van der Waals surface area contributed by atoms with Crippen LogP contribution >= 0.6 is 0 Å². The summed E-state index contributed by atoms with van der Waals surface area (Å²) >= 11 is 0. The van der Waals surface area contributed by atoms with Gasteiger partial charge in [0, 0.05) is 6.42 Å².